The summed E-state index contributed by atoms with van der Waals surface area (Å²) in [6.45, 7) is 14.6. The molecule has 0 N–H and O–H groups in total. The number of nitrogens with zero attached hydrogens (tertiary/aromatic N) is 2. The fourth-order valence-electron chi connectivity index (χ4n) is 3.92. The summed E-state index contributed by atoms with van der Waals surface area (Å²) in [4.78, 5) is 0. The second-order valence-electron chi connectivity index (χ2n) is 7.66. The molecule has 1 aromatic heterocycles. The van der Waals surface area contributed by atoms with Gasteiger partial charge in [-0.15, -0.1) is 13.2 Å². The first-order chi connectivity index (χ1) is 14.8. The summed E-state index contributed by atoms with van der Waals surface area (Å²) in [6, 6.07) is 8.94. The molecule has 2 nitrogen and oxygen atoms in total. The van der Waals surface area contributed by atoms with Gasteiger partial charge in [-0.3, -0.25) is 0 Å². The average Bonchev–Trinajstić information content (AvgIpc) is 3.21. The molecular weight excluding hydrogens is 397 g/mol. The van der Waals surface area contributed by atoms with Crippen molar-refractivity contribution in [3.05, 3.63) is 60.9 Å². The molecule has 1 aromatic carbocycles. The Morgan fingerprint density at radius 1 is 1.03 bits per heavy atom. The van der Waals surface area contributed by atoms with Gasteiger partial charge in [-0.1, -0.05) is 65.0 Å². The van der Waals surface area contributed by atoms with Crippen LogP contribution in [0.15, 0.2) is 49.8 Å². The third-order valence-electron chi connectivity index (χ3n) is 5.31. The smallest absolute Gasteiger partial charge is 0.241 e. The lowest BCUT2D eigenvalue weighted by atomic mass is 9.75. The van der Waals surface area contributed by atoms with E-state index in [0.717, 1.165) is 17.5 Å². The van der Waals surface area contributed by atoms with Gasteiger partial charge < -0.3 is 0 Å². The van der Waals surface area contributed by atoms with Crippen LogP contribution in [0.4, 0.5) is 13.2 Å². The highest BCUT2D eigenvalue weighted by Gasteiger charge is 2.23. The molecule has 1 aliphatic carbocycles. The summed E-state index contributed by atoms with van der Waals surface area (Å²) in [7, 11) is 0. The van der Waals surface area contributed by atoms with Crippen molar-refractivity contribution in [1.82, 2.24) is 9.78 Å². The molecular formula is C26H41F3N2. The molecule has 1 aliphatic rings. The van der Waals surface area contributed by atoms with Gasteiger partial charge in [0, 0.05) is 13.1 Å². The van der Waals surface area contributed by atoms with Crippen LogP contribution in [0.5, 0.6) is 0 Å². The SMILES string of the molecule is C=C.CC.CC(F)(F)F.CCC1CCCC[C@@H]1CCc1ccc(-n2cc(C)cn2)cc1. The molecule has 5 heteroatoms. The van der Waals surface area contributed by atoms with Crippen molar-refractivity contribution in [2.75, 3.05) is 0 Å². The van der Waals surface area contributed by atoms with Gasteiger partial charge in [0.2, 0.25) is 0 Å². The molecule has 0 spiro atoms. The predicted octanol–water partition coefficient (Wildman–Crippen LogP) is 8.73. The standard InChI is InChI=1S/C20H28N2.C2H3F3.C2H6.C2H4/c1-3-18-6-4-5-7-19(18)11-8-17-9-12-20(13-10-17)22-15-16(2)14-21-22;1-2(3,4)5;2*1-2/h9-10,12-15,18-19H,3-8,11H2,1-2H3;1H3;1-2H3;1-2H2/t18?,19-;;;/m1.../s1. The Labute approximate surface area is 187 Å². The third-order valence-corrected chi connectivity index (χ3v) is 5.31. The number of rotatable bonds is 5. The zero-order valence-corrected chi connectivity index (χ0v) is 20.0. The van der Waals surface area contributed by atoms with Crippen LogP contribution in [-0.4, -0.2) is 16.0 Å². The Morgan fingerprint density at radius 3 is 2.00 bits per heavy atom. The molecule has 0 bridgehead atoms. The summed E-state index contributed by atoms with van der Waals surface area (Å²) in [5.74, 6) is 1.92. The molecule has 31 heavy (non-hydrogen) atoms. The maximum atomic E-state index is 10.4. The second kappa shape index (κ2) is 15.7. The van der Waals surface area contributed by atoms with Crippen LogP contribution in [0.2, 0.25) is 0 Å². The van der Waals surface area contributed by atoms with Crippen LogP contribution < -0.4 is 0 Å². The first kappa shape index (κ1) is 29.0. The largest absolute Gasteiger partial charge is 0.386 e. The van der Waals surface area contributed by atoms with Crippen LogP contribution >= 0.6 is 0 Å². The van der Waals surface area contributed by atoms with E-state index in [1.54, 1.807) is 0 Å². The van der Waals surface area contributed by atoms with Gasteiger partial charge in [-0.2, -0.15) is 18.3 Å². The fourth-order valence-corrected chi connectivity index (χ4v) is 3.92. The minimum absolute atomic E-state index is 0.188. The Morgan fingerprint density at radius 2 is 1.55 bits per heavy atom. The van der Waals surface area contributed by atoms with E-state index >= 15 is 0 Å². The first-order valence-electron chi connectivity index (χ1n) is 11.4. The fraction of sp³-hybridized carbons (Fsp3) is 0.577. The van der Waals surface area contributed by atoms with Crippen LogP contribution in [-0.2, 0) is 6.42 Å². The van der Waals surface area contributed by atoms with E-state index < -0.39 is 6.18 Å². The van der Waals surface area contributed by atoms with E-state index in [2.05, 4.69) is 62.6 Å². The zero-order valence-electron chi connectivity index (χ0n) is 20.0. The van der Waals surface area contributed by atoms with E-state index in [4.69, 9.17) is 0 Å². The zero-order chi connectivity index (χ0) is 23.9. The molecule has 0 aliphatic heterocycles. The monoisotopic (exact) mass is 438 g/mol. The minimum atomic E-state index is -4.00. The number of aryl methyl sites for hydroxylation is 2. The molecule has 1 fully saturated rings. The van der Waals surface area contributed by atoms with Gasteiger partial charge in [0.05, 0.1) is 11.9 Å². The number of benzene rings is 1. The number of hydrogen-bond donors (Lipinski definition) is 0. The Bertz CT molecular complexity index is 683. The maximum absolute atomic E-state index is 10.4. The summed E-state index contributed by atoms with van der Waals surface area (Å²) >= 11 is 0. The molecule has 1 unspecified atom stereocenters. The van der Waals surface area contributed by atoms with Gasteiger partial charge in [0.1, 0.15) is 0 Å². The van der Waals surface area contributed by atoms with Crippen LogP contribution in [0, 0.1) is 18.8 Å². The van der Waals surface area contributed by atoms with E-state index in [1.807, 2.05) is 24.7 Å². The van der Waals surface area contributed by atoms with Crippen LogP contribution in [0.1, 0.15) is 77.3 Å². The second-order valence-corrected chi connectivity index (χ2v) is 7.66. The number of alkyl halides is 3. The van der Waals surface area contributed by atoms with Gasteiger partial charge in [0.25, 0.3) is 0 Å². The number of aromatic nitrogens is 2. The van der Waals surface area contributed by atoms with Gasteiger partial charge in [0.15, 0.2) is 0 Å². The topological polar surface area (TPSA) is 17.8 Å². The Balaban J connectivity index is 0.000000867. The number of halogens is 3. The van der Waals surface area contributed by atoms with E-state index in [1.165, 1.54) is 56.1 Å². The molecule has 3 rings (SSSR count). The third kappa shape index (κ3) is 12.4. The van der Waals surface area contributed by atoms with Crippen molar-refractivity contribution < 1.29 is 13.2 Å². The van der Waals surface area contributed by atoms with E-state index in [-0.39, 0.29) is 6.92 Å². The molecule has 0 amide bonds. The average molecular weight is 439 g/mol. The lowest BCUT2D eigenvalue weighted by Gasteiger charge is -2.30. The molecule has 2 atom stereocenters. The maximum Gasteiger partial charge on any atom is 0.386 e. The molecule has 1 heterocycles. The van der Waals surface area contributed by atoms with Crippen molar-refractivity contribution in [3.63, 3.8) is 0 Å². The molecule has 0 radical (unpaired) electrons. The highest BCUT2D eigenvalue weighted by atomic mass is 19.4. The summed E-state index contributed by atoms with van der Waals surface area (Å²) < 4.78 is 33.0. The minimum Gasteiger partial charge on any atom is -0.241 e. The number of hydrogen-bond acceptors (Lipinski definition) is 1. The highest BCUT2D eigenvalue weighted by Crippen LogP contribution is 2.35. The predicted molar refractivity (Wildman–Crippen MR) is 127 cm³/mol. The Kier molecular flexibility index (Phi) is 14.7. The normalized spacial score (nSPS) is 17.8. The van der Waals surface area contributed by atoms with Crippen LogP contribution in [0.3, 0.4) is 0 Å². The van der Waals surface area contributed by atoms with Gasteiger partial charge >= 0.3 is 6.18 Å². The summed E-state index contributed by atoms with van der Waals surface area (Å²) in [5, 5.41) is 4.37. The van der Waals surface area contributed by atoms with Gasteiger partial charge in [-0.25, -0.2) is 4.68 Å². The van der Waals surface area contributed by atoms with Crippen molar-refractivity contribution in [1.29, 1.82) is 0 Å². The molecule has 1 saturated carbocycles. The first-order valence-corrected chi connectivity index (χ1v) is 11.4. The van der Waals surface area contributed by atoms with Crippen molar-refractivity contribution in [3.8, 4) is 5.69 Å². The quantitative estimate of drug-likeness (QED) is 0.427. The Hall–Kier alpha value is -2.04. The van der Waals surface area contributed by atoms with Gasteiger partial charge in [-0.05, 0) is 54.9 Å². The highest BCUT2D eigenvalue weighted by molar-refractivity contribution is 5.34. The van der Waals surface area contributed by atoms with E-state index in [0.29, 0.717) is 0 Å². The van der Waals surface area contributed by atoms with Crippen molar-refractivity contribution in [2.24, 2.45) is 11.8 Å². The lowest BCUT2D eigenvalue weighted by Crippen LogP contribution is -2.19. The lowest BCUT2D eigenvalue weighted by molar-refractivity contribution is -0.110. The van der Waals surface area contributed by atoms with E-state index in [9.17, 15) is 13.2 Å². The molecule has 176 valence electrons. The molecule has 2 aromatic rings. The van der Waals surface area contributed by atoms with Crippen LogP contribution in [0.25, 0.3) is 5.69 Å². The summed E-state index contributed by atoms with van der Waals surface area (Å²) in [6.07, 6.45) is 9.72. The van der Waals surface area contributed by atoms with Crippen molar-refractivity contribution >= 4 is 0 Å². The van der Waals surface area contributed by atoms with Crippen molar-refractivity contribution in [2.45, 2.75) is 85.7 Å². The molecule has 0 saturated heterocycles. The summed E-state index contributed by atoms with van der Waals surface area (Å²) in [5.41, 5.74) is 3.82.